The fraction of sp³-hybridized carbons (Fsp3) is 0.684. The van der Waals surface area contributed by atoms with Crippen molar-refractivity contribution in [1.29, 1.82) is 0 Å². The molecule has 27 heavy (non-hydrogen) atoms. The summed E-state index contributed by atoms with van der Waals surface area (Å²) in [5.41, 5.74) is 0.497. The van der Waals surface area contributed by atoms with Crippen LogP contribution in [0.3, 0.4) is 0 Å². The number of hydrogen-bond acceptors (Lipinski definition) is 6. The molecule has 2 amide bonds. The highest BCUT2D eigenvalue weighted by molar-refractivity contribution is 5.93. The van der Waals surface area contributed by atoms with Crippen LogP contribution in [0.15, 0.2) is 12.4 Å². The molecular formula is C19H29N5O3. The summed E-state index contributed by atoms with van der Waals surface area (Å²) < 4.78 is 5.14. The Bertz CT molecular complexity index is 666. The third-order valence-electron chi connectivity index (χ3n) is 5.50. The number of amides is 2. The number of nitrogens with zero attached hydrogens (tertiary/aromatic N) is 4. The van der Waals surface area contributed by atoms with Gasteiger partial charge in [-0.05, 0) is 26.2 Å². The Morgan fingerprint density at radius 1 is 1.30 bits per heavy atom. The first-order valence-corrected chi connectivity index (χ1v) is 9.69. The molecule has 0 bridgehead atoms. The van der Waals surface area contributed by atoms with Crippen LogP contribution in [0.2, 0.25) is 0 Å². The second kappa shape index (κ2) is 8.65. The number of piperidine rings is 2. The van der Waals surface area contributed by atoms with E-state index in [2.05, 4.69) is 15.3 Å². The Morgan fingerprint density at radius 3 is 2.78 bits per heavy atom. The van der Waals surface area contributed by atoms with Crippen LogP contribution in [-0.2, 0) is 9.53 Å². The van der Waals surface area contributed by atoms with Gasteiger partial charge in [0.15, 0.2) is 0 Å². The maximum absolute atomic E-state index is 12.9. The maximum Gasteiger partial charge on any atom is 0.257 e. The molecule has 1 atom stereocenters. The standard InChI is InChI=1S/C19H29N5O3/c1-3-20-18-21-11-15(12-22-18)17(26)24-8-4-6-19(14-24)7-5-16(25)23(13-19)9-10-27-2/h11-12H,3-10,13-14H2,1-2H3,(H,20,21,22). The van der Waals surface area contributed by atoms with Crippen LogP contribution in [0.4, 0.5) is 5.95 Å². The zero-order valence-corrected chi connectivity index (χ0v) is 16.2. The molecule has 0 saturated carbocycles. The third-order valence-corrected chi connectivity index (χ3v) is 5.50. The van der Waals surface area contributed by atoms with Crippen LogP contribution in [0.25, 0.3) is 0 Å². The van der Waals surface area contributed by atoms with Crippen LogP contribution in [-0.4, -0.2) is 78.0 Å². The molecular weight excluding hydrogens is 346 g/mol. The summed E-state index contributed by atoms with van der Waals surface area (Å²) in [6, 6.07) is 0. The zero-order chi connectivity index (χ0) is 19.3. The van der Waals surface area contributed by atoms with E-state index in [0.29, 0.717) is 44.2 Å². The van der Waals surface area contributed by atoms with E-state index in [1.807, 2.05) is 16.7 Å². The first-order valence-electron chi connectivity index (χ1n) is 9.69. The molecule has 1 N–H and O–H groups in total. The minimum Gasteiger partial charge on any atom is -0.383 e. The van der Waals surface area contributed by atoms with E-state index in [1.165, 1.54) is 0 Å². The summed E-state index contributed by atoms with van der Waals surface area (Å²) in [5.74, 6) is 0.690. The number of carbonyl (C=O) groups is 2. The highest BCUT2D eigenvalue weighted by atomic mass is 16.5. The van der Waals surface area contributed by atoms with Gasteiger partial charge in [-0.3, -0.25) is 9.59 Å². The van der Waals surface area contributed by atoms with Crippen molar-refractivity contribution < 1.29 is 14.3 Å². The van der Waals surface area contributed by atoms with Crippen molar-refractivity contribution >= 4 is 17.8 Å². The van der Waals surface area contributed by atoms with Gasteiger partial charge in [0.25, 0.3) is 5.91 Å². The molecule has 2 saturated heterocycles. The number of nitrogens with one attached hydrogen (secondary N) is 1. The Labute approximate surface area is 160 Å². The molecule has 1 unspecified atom stereocenters. The Morgan fingerprint density at radius 2 is 2.07 bits per heavy atom. The van der Waals surface area contributed by atoms with Gasteiger partial charge in [0.1, 0.15) is 0 Å². The number of methoxy groups -OCH3 is 1. The van der Waals surface area contributed by atoms with Crippen LogP contribution in [0.1, 0.15) is 43.0 Å². The van der Waals surface area contributed by atoms with Gasteiger partial charge in [-0.15, -0.1) is 0 Å². The molecule has 2 aliphatic rings. The predicted molar refractivity (Wildman–Crippen MR) is 101 cm³/mol. The monoisotopic (exact) mass is 375 g/mol. The molecule has 2 fully saturated rings. The lowest BCUT2D eigenvalue weighted by atomic mass is 9.73. The second-order valence-corrected chi connectivity index (χ2v) is 7.46. The summed E-state index contributed by atoms with van der Waals surface area (Å²) in [6.45, 7) is 5.99. The van der Waals surface area contributed by atoms with E-state index >= 15 is 0 Å². The molecule has 0 aromatic carbocycles. The number of ether oxygens (including phenoxy) is 1. The molecule has 3 rings (SSSR count). The van der Waals surface area contributed by atoms with Gasteiger partial charge >= 0.3 is 0 Å². The van der Waals surface area contributed by atoms with E-state index in [-0.39, 0.29) is 17.2 Å². The lowest BCUT2D eigenvalue weighted by Gasteiger charge is -2.48. The summed E-state index contributed by atoms with van der Waals surface area (Å²) in [5, 5.41) is 3.03. The van der Waals surface area contributed by atoms with Crippen molar-refractivity contribution in [2.24, 2.45) is 5.41 Å². The Hall–Kier alpha value is -2.22. The number of rotatable bonds is 6. The van der Waals surface area contributed by atoms with Gasteiger partial charge in [0.2, 0.25) is 11.9 Å². The molecule has 0 aliphatic carbocycles. The smallest absolute Gasteiger partial charge is 0.257 e. The van der Waals surface area contributed by atoms with Crippen LogP contribution in [0, 0.1) is 5.41 Å². The van der Waals surface area contributed by atoms with Crippen LogP contribution in [0.5, 0.6) is 0 Å². The first-order chi connectivity index (χ1) is 13.1. The average Bonchev–Trinajstić information content (AvgIpc) is 2.69. The van der Waals surface area contributed by atoms with Gasteiger partial charge in [-0.1, -0.05) is 0 Å². The average molecular weight is 375 g/mol. The van der Waals surface area contributed by atoms with E-state index in [4.69, 9.17) is 4.74 Å². The predicted octanol–water partition coefficient (Wildman–Crippen LogP) is 1.40. The largest absolute Gasteiger partial charge is 0.383 e. The van der Waals surface area contributed by atoms with E-state index < -0.39 is 0 Å². The number of carbonyl (C=O) groups excluding carboxylic acids is 2. The number of likely N-dealkylation sites (tertiary alicyclic amines) is 2. The van der Waals surface area contributed by atoms with Crippen LogP contribution >= 0.6 is 0 Å². The molecule has 8 heteroatoms. The van der Waals surface area contributed by atoms with E-state index in [0.717, 1.165) is 32.4 Å². The van der Waals surface area contributed by atoms with Crippen molar-refractivity contribution in [2.75, 3.05) is 51.8 Å². The number of hydrogen-bond donors (Lipinski definition) is 1. The van der Waals surface area contributed by atoms with Gasteiger partial charge in [0.05, 0.1) is 12.2 Å². The topological polar surface area (TPSA) is 87.7 Å². The summed E-state index contributed by atoms with van der Waals surface area (Å²) in [4.78, 5) is 37.4. The quantitative estimate of drug-likeness (QED) is 0.809. The van der Waals surface area contributed by atoms with Gasteiger partial charge in [-0.25, -0.2) is 9.97 Å². The number of anilines is 1. The fourth-order valence-electron chi connectivity index (χ4n) is 4.09. The maximum atomic E-state index is 12.9. The minimum absolute atomic E-state index is 0.0138. The molecule has 3 heterocycles. The van der Waals surface area contributed by atoms with Crippen LogP contribution < -0.4 is 5.32 Å². The normalized spacial score (nSPS) is 23.0. The lowest BCUT2D eigenvalue weighted by molar-refractivity contribution is -0.139. The summed E-state index contributed by atoms with van der Waals surface area (Å²) >= 11 is 0. The zero-order valence-electron chi connectivity index (χ0n) is 16.2. The highest BCUT2D eigenvalue weighted by Crippen LogP contribution is 2.39. The minimum atomic E-state index is -0.0301. The molecule has 1 aromatic heterocycles. The number of aromatic nitrogens is 2. The SMILES string of the molecule is CCNc1ncc(C(=O)N2CCCC3(CCC(=O)N(CCOC)C3)C2)cn1. The second-order valence-electron chi connectivity index (χ2n) is 7.46. The third kappa shape index (κ3) is 4.55. The van der Waals surface area contributed by atoms with E-state index in [1.54, 1.807) is 19.5 Å². The molecule has 0 radical (unpaired) electrons. The molecule has 148 valence electrons. The van der Waals surface area contributed by atoms with Crippen molar-refractivity contribution in [2.45, 2.75) is 32.6 Å². The van der Waals surface area contributed by atoms with Crippen molar-refractivity contribution in [1.82, 2.24) is 19.8 Å². The van der Waals surface area contributed by atoms with Gasteiger partial charge in [0, 0.05) is 64.1 Å². The Kier molecular flexibility index (Phi) is 6.26. The van der Waals surface area contributed by atoms with Gasteiger partial charge in [-0.2, -0.15) is 0 Å². The van der Waals surface area contributed by atoms with E-state index in [9.17, 15) is 9.59 Å². The Balaban J connectivity index is 1.67. The van der Waals surface area contributed by atoms with Crippen molar-refractivity contribution in [3.8, 4) is 0 Å². The lowest BCUT2D eigenvalue weighted by Crippen LogP contribution is -2.55. The van der Waals surface area contributed by atoms with Crippen molar-refractivity contribution in [3.63, 3.8) is 0 Å². The molecule has 1 aromatic rings. The molecule has 2 aliphatic heterocycles. The van der Waals surface area contributed by atoms with Crippen molar-refractivity contribution in [3.05, 3.63) is 18.0 Å². The summed E-state index contributed by atoms with van der Waals surface area (Å²) in [6.07, 6.45) is 6.56. The fourth-order valence-corrected chi connectivity index (χ4v) is 4.09. The molecule has 8 nitrogen and oxygen atoms in total. The molecule has 1 spiro atoms. The summed E-state index contributed by atoms with van der Waals surface area (Å²) in [7, 11) is 1.65. The highest BCUT2D eigenvalue weighted by Gasteiger charge is 2.42. The van der Waals surface area contributed by atoms with Gasteiger partial charge < -0.3 is 19.9 Å². The first kappa shape index (κ1) is 19.5.